The Balaban J connectivity index is 2.42. The molecule has 0 amide bonds. The van der Waals surface area contributed by atoms with Gasteiger partial charge in [0.05, 0.1) is 3.79 Å². The molecule has 0 saturated heterocycles. The first kappa shape index (κ1) is 12.2. The summed E-state index contributed by atoms with van der Waals surface area (Å²) in [6.45, 7) is 1.99. The fraction of sp³-hybridized carbons (Fsp3) is 0.333. The zero-order valence-corrected chi connectivity index (χ0v) is 12.6. The third-order valence-electron chi connectivity index (χ3n) is 2.23. The van der Waals surface area contributed by atoms with Crippen LogP contribution in [0.5, 0.6) is 0 Å². The number of hydrogen-bond donors (Lipinski definition) is 1. The van der Waals surface area contributed by atoms with E-state index in [4.69, 9.17) is 0 Å². The van der Waals surface area contributed by atoms with Gasteiger partial charge in [-0.15, -0.1) is 16.4 Å². The molecule has 16 heavy (non-hydrogen) atoms. The highest BCUT2D eigenvalue weighted by Crippen LogP contribution is 2.35. The Kier molecular flexibility index (Phi) is 3.48. The zero-order chi connectivity index (χ0) is 11.9. The maximum absolute atomic E-state index is 10.2. The third kappa shape index (κ3) is 2.09. The van der Waals surface area contributed by atoms with Crippen molar-refractivity contribution in [2.45, 2.75) is 13.0 Å². The van der Waals surface area contributed by atoms with Gasteiger partial charge in [0.15, 0.2) is 4.60 Å². The van der Waals surface area contributed by atoms with Gasteiger partial charge in [-0.05, 0) is 50.4 Å². The van der Waals surface area contributed by atoms with E-state index in [1.165, 1.54) is 11.3 Å². The molecule has 2 aromatic rings. The highest BCUT2D eigenvalue weighted by atomic mass is 79.9. The molecule has 1 atom stereocenters. The number of aryl methyl sites for hydroxylation is 2. The highest BCUT2D eigenvalue weighted by Gasteiger charge is 2.21. The maximum Gasteiger partial charge on any atom is 0.154 e. The normalized spacial score (nSPS) is 13.1. The van der Waals surface area contributed by atoms with Crippen molar-refractivity contribution < 1.29 is 5.11 Å². The van der Waals surface area contributed by atoms with E-state index in [0.717, 1.165) is 14.2 Å². The molecule has 0 radical (unpaired) electrons. The molecule has 0 fully saturated rings. The summed E-state index contributed by atoms with van der Waals surface area (Å²) >= 11 is 8.24. The second-order valence-corrected chi connectivity index (χ2v) is 6.55. The average molecular weight is 367 g/mol. The average Bonchev–Trinajstić information content (AvgIpc) is 2.72. The van der Waals surface area contributed by atoms with E-state index in [-0.39, 0.29) is 0 Å². The largest absolute Gasteiger partial charge is 0.381 e. The molecule has 86 valence electrons. The van der Waals surface area contributed by atoms with Crippen LogP contribution < -0.4 is 0 Å². The summed E-state index contributed by atoms with van der Waals surface area (Å²) in [7, 11) is 1.76. The monoisotopic (exact) mass is 365 g/mol. The van der Waals surface area contributed by atoms with Crippen molar-refractivity contribution >= 4 is 43.2 Å². The van der Waals surface area contributed by atoms with E-state index in [1.54, 1.807) is 11.7 Å². The molecule has 2 aromatic heterocycles. The molecule has 0 bridgehead atoms. The van der Waals surface area contributed by atoms with E-state index >= 15 is 0 Å². The molecular weight excluding hydrogens is 358 g/mol. The first-order valence-corrected chi connectivity index (χ1v) is 6.90. The minimum absolute atomic E-state index is 0.574. The van der Waals surface area contributed by atoms with Gasteiger partial charge in [-0.25, -0.2) is 4.68 Å². The van der Waals surface area contributed by atoms with Crippen LogP contribution in [-0.4, -0.2) is 20.1 Å². The van der Waals surface area contributed by atoms with E-state index in [0.29, 0.717) is 10.3 Å². The predicted octanol–water partition coefficient (Wildman–Crippen LogP) is 2.79. The molecule has 0 saturated carbocycles. The lowest BCUT2D eigenvalue weighted by Crippen LogP contribution is -2.05. The lowest BCUT2D eigenvalue weighted by molar-refractivity contribution is 0.212. The molecular formula is C9H9Br2N3OS. The molecule has 4 nitrogen and oxygen atoms in total. The van der Waals surface area contributed by atoms with E-state index < -0.39 is 6.10 Å². The van der Waals surface area contributed by atoms with E-state index in [2.05, 4.69) is 42.2 Å². The predicted molar refractivity (Wildman–Crippen MR) is 69.5 cm³/mol. The summed E-state index contributed by atoms with van der Waals surface area (Å²) in [4.78, 5) is 0.871. The first-order chi connectivity index (χ1) is 7.50. The number of halogens is 2. The number of hydrogen-bond acceptors (Lipinski definition) is 4. The Bertz CT molecular complexity index is 484. The molecule has 1 N–H and O–H groups in total. The second kappa shape index (κ2) is 4.56. The van der Waals surface area contributed by atoms with Gasteiger partial charge >= 0.3 is 0 Å². The van der Waals surface area contributed by atoms with Gasteiger partial charge < -0.3 is 5.11 Å². The summed E-state index contributed by atoms with van der Waals surface area (Å²) in [5, 5.41) is 17.9. The first-order valence-electron chi connectivity index (χ1n) is 4.49. The van der Waals surface area contributed by atoms with Crippen LogP contribution in [0.25, 0.3) is 0 Å². The van der Waals surface area contributed by atoms with Crippen molar-refractivity contribution in [2.24, 2.45) is 7.05 Å². The Morgan fingerprint density at radius 2 is 2.19 bits per heavy atom. The molecule has 0 aliphatic carbocycles. The molecule has 1 unspecified atom stereocenters. The number of aliphatic hydroxyl groups is 1. The highest BCUT2D eigenvalue weighted by molar-refractivity contribution is 9.11. The standard InChI is InChI=1S/C9H9Br2N3OS/c1-4-3-5(16-9(4)11)7(15)6-8(10)12-13-14(6)2/h3,7,15H,1-2H3. The summed E-state index contributed by atoms with van der Waals surface area (Å²) in [5.74, 6) is 0. The summed E-state index contributed by atoms with van der Waals surface area (Å²) in [5.41, 5.74) is 1.78. The quantitative estimate of drug-likeness (QED) is 0.889. The van der Waals surface area contributed by atoms with Gasteiger partial charge in [-0.2, -0.15) is 0 Å². The molecule has 0 aliphatic heterocycles. The van der Waals surface area contributed by atoms with Crippen LogP contribution in [0.3, 0.4) is 0 Å². The van der Waals surface area contributed by atoms with Crippen LogP contribution in [0.2, 0.25) is 0 Å². The van der Waals surface area contributed by atoms with Gasteiger partial charge in [0, 0.05) is 11.9 Å². The van der Waals surface area contributed by atoms with E-state index in [9.17, 15) is 5.11 Å². The fourth-order valence-electron chi connectivity index (χ4n) is 1.38. The van der Waals surface area contributed by atoms with Crippen LogP contribution >= 0.6 is 43.2 Å². The van der Waals surface area contributed by atoms with Crippen LogP contribution in [0.15, 0.2) is 14.5 Å². The molecule has 0 spiro atoms. The number of aromatic nitrogens is 3. The summed E-state index contributed by atoms with van der Waals surface area (Å²) in [6.07, 6.45) is -0.704. The Morgan fingerprint density at radius 3 is 2.62 bits per heavy atom. The van der Waals surface area contributed by atoms with Gasteiger partial charge in [0.2, 0.25) is 0 Å². The molecule has 0 aliphatic rings. The van der Waals surface area contributed by atoms with Crippen molar-refractivity contribution in [3.63, 3.8) is 0 Å². The SMILES string of the molecule is Cc1cc(C(O)c2c(Br)nnn2C)sc1Br. The van der Waals surface area contributed by atoms with Gasteiger partial charge in [0.25, 0.3) is 0 Å². The Labute approximate surface area is 114 Å². The van der Waals surface area contributed by atoms with Crippen molar-refractivity contribution in [2.75, 3.05) is 0 Å². The lowest BCUT2D eigenvalue weighted by atomic mass is 10.2. The Hall–Kier alpha value is -0.240. The topological polar surface area (TPSA) is 50.9 Å². The number of nitrogens with zero attached hydrogens (tertiary/aromatic N) is 3. The van der Waals surface area contributed by atoms with Crippen molar-refractivity contribution in [3.8, 4) is 0 Å². The van der Waals surface area contributed by atoms with Crippen molar-refractivity contribution in [3.05, 3.63) is 30.6 Å². The summed E-state index contributed by atoms with van der Waals surface area (Å²) < 4.78 is 3.18. The van der Waals surface area contributed by atoms with Crippen LogP contribution in [-0.2, 0) is 7.05 Å². The van der Waals surface area contributed by atoms with Crippen LogP contribution in [0.1, 0.15) is 22.2 Å². The molecule has 0 aromatic carbocycles. The number of thiophene rings is 1. The van der Waals surface area contributed by atoms with Gasteiger partial charge in [-0.1, -0.05) is 5.21 Å². The fourth-order valence-corrected chi connectivity index (χ4v) is 3.49. The number of rotatable bonds is 2. The van der Waals surface area contributed by atoms with E-state index in [1.807, 2.05) is 13.0 Å². The zero-order valence-electron chi connectivity index (χ0n) is 8.61. The number of aliphatic hydroxyl groups excluding tert-OH is 1. The maximum atomic E-state index is 10.2. The minimum Gasteiger partial charge on any atom is -0.381 e. The van der Waals surface area contributed by atoms with Gasteiger partial charge in [-0.3, -0.25) is 0 Å². The summed E-state index contributed by atoms with van der Waals surface area (Å²) in [6, 6.07) is 1.96. The minimum atomic E-state index is -0.704. The van der Waals surface area contributed by atoms with Crippen molar-refractivity contribution in [1.29, 1.82) is 0 Å². The van der Waals surface area contributed by atoms with Crippen molar-refractivity contribution in [1.82, 2.24) is 15.0 Å². The van der Waals surface area contributed by atoms with Crippen LogP contribution in [0, 0.1) is 6.92 Å². The Morgan fingerprint density at radius 1 is 1.50 bits per heavy atom. The smallest absolute Gasteiger partial charge is 0.154 e. The molecule has 7 heteroatoms. The second-order valence-electron chi connectivity index (χ2n) is 3.40. The lowest BCUT2D eigenvalue weighted by Gasteiger charge is -2.08. The van der Waals surface area contributed by atoms with Crippen LogP contribution in [0.4, 0.5) is 0 Å². The third-order valence-corrected chi connectivity index (χ3v) is 4.99. The molecule has 2 rings (SSSR count). The molecule has 2 heterocycles. The van der Waals surface area contributed by atoms with Gasteiger partial charge in [0.1, 0.15) is 11.8 Å².